The molecule has 0 unspecified atom stereocenters. The highest BCUT2D eigenvalue weighted by Crippen LogP contribution is 2.29. The van der Waals surface area contributed by atoms with E-state index in [2.05, 4.69) is 27.8 Å². The van der Waals surface area contributed by atoms with Gasteiger partial charge in [0.05, 0.1) is 0 Å². The third kappa shape index (κ3) is 4.45. The molecular formula is C24H24N2O3S2. The van der Waals surface area contributed by atoms with Crippen molar-refractivity contribution in [3.05, 3.63) is 72.8 Å². The molecule has 1 N–H and O–H groups in total. The average molecular weight is 453 g/mol. The second-order valence-electron chi connectivity index (χ2n) is 7.91. The minimum absolute atomic E-state index is 0.335. The number of nitrogens with zero attached hydrogens (tertiary/aromatic N) is 1. The Morgan fingerprint density at radius 3 is 2.55 bits per heavy atom. The number of hydrogen-bond donors (Lipinski definition) is 1. The van der Waals surface area contributed by atoms with Crippen LogP contribution < -0.4 is 9.46 Å². The molecule has 7 heteroatoms. The Kier molecular flexibility index (Phi) is 5.67. The first-order valence-electron chi connectivity index (χ1n) is 10.4. The quantitative estimate of drug-likeness (QED) is 0.432. The van der Waals surface area contributed by atoms with Crippen molar-refractivity contribution >= 4 is 42.2 Å². The summed E-state index contributed by atoms with van der Waals surface area (Å²) in [6.45, 7) is 3.69. The number of benzene rings is 3. The van der Waals surface area contributed by atoms with Crippen LogP contribution in [-0.4, -0.2) is 46.1 Å². The van der Waals surface area contributed by atoms with E-state index in [1.807, 2.05) is 48.5 Å². The molecule has 1 fully saturated rings. The summed E-state index contributed by atoms with van der Waals surface area (Å²) in [4.78, 5) is 2.30. The Morgan fingerprint density at radius 1 is 0.968 bits per heavy atom. The Hall–Kier alpha value is -2.45. The number of ether oxygens (including phenoxy) is 1. The van der Waals surface area contributed by atoms with Crippen molar-refractivity contribution in [1.29, 1.82) is 0 Å². The van der Waals surface area contributed by atoms with E-state index in [0.29, 0.717) is 23.3 Å². The number of fused-ring (bicyclic) bond motifs is 2. The third-order valence-electron chi connectivity index (χ3n) is 5.68. The first kappa shape index (κ1) is 20.5. The summed E-state index contributed by atoms with van der Waals surface area (Å²) in [6.07, 6.45) is 0. The van der Waals surface area contributed by atoms with Gasteiger partial charge in [0.2, 0.25) is 10.0 Å². The van der Waals surface area contributed by atoms with E-state index >= 15 is 0 Å². The van der Waals surface area contributed by atoms with Crippen LogP contribution in [0, 0.1) is 5.92 Å². The molecule has 0 aliphatic carbocycles. The fourth-order valence-electron chi connectivity index (χ4n) is 3.98. The van der Waals surface area contributed by atoms with E-state index in [0.717, 1.165) is 40.9 Å². The monoisotopic (exact) mass is 452 g/mol. The SMILES string of the molecule is O=S(=O)(NCC1CN(CCOc2cccc3ccccc23)C1)c1cc2ccccc2s1. The Morgan fingerprint density at radius 2 is 1.71 bits per heavy atom. The molecule has 2 heterocycles. The standard InChI is InChI=1S/C24H24N2O3S2/c27-31(28,24-14-20-7-2-4-11-23(20)30-24)25-15-18-16-26(17-18)12-13-29-22-10-5-8-19-6-1-3-9-21(19)22/h1-11,14,18,25H,12-13,15-17H2. The molecule has 1 aliphatic heterocycles. The maximum Gasteiger partial charge on any atom is 0.250 e. The molecule has 1 aliphatic rings. The van der Waals surface area contributed by atoms with Gasteiger partial charge < -0.3 is 4.74 Å². The van der Waals surface area contributed by atoms with Gasteiger partial charge in [-0.05, 0) is 34.9 Å². The zero-order chi connectivity index (χ0) is 21.3. The lowest BCUT2D eigenvalue weighted by Gasteiger charge is -2.39. The normalized spacial score (nSPS) is 15.4. The van der Waals surface area contributed by atoms with E-state index in [9.17, 15) is 8.42 Å². The van der Waals surface area contributed by atoms with Crippen molar-refractivity contribution in [1.82, 2.24) is 9.62 Å². The number of rotatable bonds is 8. The average Bonchev–Trinajstić information content (AvgIpc) is 3.20. The zero-order valence-corrected chi connectivity index (χ0v) is 18.7. The van der Waals surface area contributed by atoms with Crippen molar-refractivity contribution < 1.29 is 13.2 Å². The third-order valence-corrected chi connectivity index (χ3v) is 8.69. The second-order valence-corrected chi connectivity index (χ2v) is 11.0. The molecule has 0 spiro atoms. The van der Waals surface area contributed by atoms with Gasteiger partial charge in [-0.15, -0.1) is 11.3 Å². The predicted molar refractivity (Wildman–Crippen MR) is 126 cm³/mol. The Labute approximate surface area is 186 Å². The van der Waals surface area contributed by atoms with E-state index in [1.165, 1.54) is 16.7 Å². The lowest BCUT2D eigenvalue weighted by atomic mass is 10.0. The summed E-state index contributed by atoms with van der Waals surface area (Å²) in [5.74, 6) is 1.24. The molecular weight excluding hydrogens is 428 g/mol. The molecule has 0 saturated carbocycles. The summed E-state index contributed by atoms with van der Waals surface area (Å²) in [5.41, 5.74) is 0. The van der Waals surface area contributed by atoms with Crippen molar-refractivity contribution in [3.8, 4) is 5.75 Å². The van der Waals surface area contributed by atoms with Gasteiger partial charge in [-0.2, -0.15) is 0 Å². The minimum atomic E-state index is -3.46. The topological polar surface area (TPSA) is 58.6 Å². The maximum atomic E-state index is 12.6. The van der Waals surface area contributed by atoms with Gasteiger partial charge in [-0.3, -0.25) is 4.90 Å². The summed E-state index contributed by atoms with van der Waals surface area (Å²) in [5, 5.41) is 3.27. The second kappa shape index (κ2) is 8.59. The number of thiophene rings is 1. The first-order valence-corrected chi connectivity index (χ1v) is 12.7. The van der Waals surface area contributed by atoms with Crippen molar-refractivity contribution in [3.63, 3.8) is 0 Å². The Bertz CT molecular complexity index is 1270. The minimum Gasteiger partial charge on any atom is -0.492 e. The largest absolute Gasteiger partial charge is 0.492 e. The predicted octanol–water partition coefficient (Wildman–Crippen LogP) is 4.34. The molecule has 31 heavy (non-hydrogen) atoms. The molecule has 1 saturated heterocycles. The van der Waals surface area contributed by atoms with Gasteiger partial charge in [-0.1, -0.05) is 54.6 Å². The van der Waals surface area contributed by atoms with Gasteiger partial charge in [-0.25, -0.2) is 13.1 Å². The number of hydrogen-bond acceptors (Lipinski definition) is 5. The smallest absolute Gasteiger partial charge is 0.250 e. The van der Waals surface area contributed by atoms with Gasteiger partial charge in [0.1, 0.15) is 16.6 Å². The van der Waals surface area contributed by atoms with E-state index in [4.69, 9.17) is 4.74 Å². The number of nitrogens with one attached hydrogen (secondary N) is 1. The van der Waals surface area contributed by atoms with Crippen molar-refractivity contribution in [2.75, 3.05) is 32.8 Å². The summed E-state index contributed by atoms with van der Waals surface area (Å²) in [7, 11) is -3.46. The number of sulfonamides is 1. The van der Waals surface area contributed by atoms with Crippen LogP contribution >= 0.6 is 11.3 Å². The molecule has 0 amide bonds. The van der Waals surface area contributed by atoms with Crippen LogP contribution in [-0.2, 0) is 10.0 Å². The molecule has 4 aromatic rings. The molecule has 5 rings (SSSR count). The first-order chi connectivity index (χ1) is 15.1. The summed E-state index contributed by atoms with van der Waals surface area (Å²) in [6, 6.07) is 23.8. The van der Waals surface area contributed by atoms with Crippen LogP contribution in [0.4, 0.5) is 0 Å². The zero-order valence-electron chi connectivity index (χ0n) is 17.0. The van der Waals surface area contributed by atoms with Gasteiger partial charge in [0, 0.05) is 36.3 Å². The van der Waals surface area contributed by atoms with Crippen LogP contribution in [0.2, 0.25) is 0 Å². The highest BCUT2D eigenvalue weighted by atomic mass is 32.2. The lowest BCUT2D eigenvalue weighted by Crippen LogP contribution is -2.52. The summed E-state index contributed by atoms with van der Waals surface area (Å²) < 4.78 is 35.4. The van der Waals surface area contributed by atoms with E-state index < -0.39 is 10.0 Å². The Balaban J connectivity index is 1.08. The maximum absolute atomic E-state index is 12.6. The van der Waals surface area contributed by atoms with Crippen molar-refractivity contribution in [2.45, 2.75) is 4.21 Å². The van der Waals surface area contributed by atoms with Gasteiger partial charge in [0.15, 0.2) is 0 Å². The van der Waals surface area contributed by atoms with E-state index in [-0.39, 0.29) is 0 Å². The molecule has 5 nitrogen and oxygen atoms in total. The highest BCUT2D eigenvalue weighted by molar-refractivity contribution is 7.91. The van der Waals surface area contributed by atoms with Crippen LogP contribution in [0.3, 0.4) is 0 Å². The van der Waals surface area contributed by atoms with Crippen LogP contribution in [0.1, 0.15) is 0 Å². The van der Waals surface area contributed by atoms with Crippen LogP contribution in [0.15, 0.2) is 77.0 Å². The van der Waals surface area contributed by atoms with Crippen molar-refractivity contribution in [2.24, 2.45) is 5.92 Å². The lowest BCUT2D eigenvalue weighted by molar-refractivity contribution is 0.0857. The number of likely N-dealkylation sites (tertiary alicyclic amines) is 1. The highest BCUT2D eigenvalue weighted by Gasteiger charge is 2.28. The molecule has 3 aromatic carbocycles. The molecule has 0 radical (unpaired) electrons. The molecule has 1 aromatic heterocycles. The van der Waals surface area contributed by atoms with Crippen LogP contribution in [0.5, 0.6) is 5.75 Å². The van der Waals surface area contributed by atoms with Gasteiger partial charge >= 0.3 is 0 Å². The fraction of sp³-hybridized carbons (Fsp3) is 0.250. The summed E-state index contributed by atoms with van der Waals surface area (Å²) >= 11 is 1.31. The molecule has 160 valence electrons. The molecule has 0 bridgehead atoms. The fourth-order valence-corrected chi connectivity index (χ4v) is 6.54. The van der Waals surface area contributed by atoms with Gasteiger partial charge in [0.25, 0.3) is 0 Å². The van der Waals surface area contributed by atoms with E-state index in [1.54, 1.807) is 6.07 Å². The van der Waals surface area contributed by atoms with Crippen LogP contribution in [0.25, 0.3) is 20.9 Å². The molecule has 0 atom stereocenters.